The molecule has 0 heterocycles. The minimum atomic E-state index is -0.791. The van der Waals surface area contributed by atoms with E-state index >= 15 is 0 Å². The van der Waals surface area contributed by atoms with E-state index in [2.05, 4.69) is 24.5 Å². The highest BCUT2D eigenvalue weighted by molar-refractivity contribution is 5.73. The van der Waals surface area contributed by atoms with Crippen LogP contribution in [0, 0.1) is 5.92 Å². The van der Waals surface area contributed by atoms with E-state index in [9.17, 15) is 9.59 Å². The Kier molecular flexibility index (Phi) is 8.29. The molecule has 0 saturated heterocycles. The van der Waals surface area contributed by atoms with Gasteiger partial charge in [-0.25, -0.2) is 4.79 Å². The average Bonchev–Trinajstić information content (AvgIpc) is 2.24. The fraction of sp³-hybridized carbons (Fsp3) is 0.818. The maximum absolute atomic E-state index is 11.2. The van der Waals surface area contributed by atoms with Crippen LogP contribution in [0.3, 0.4) is 0 Å². The summed E-state index contributed by atoms with van der Waals surface area (Å²) in [7, 11) is 0. The Balaban J connectivity index is 3.33. The predicted octanol–water partition coefficient (Wildman–Crippen LogP) is 1.59. The number of unbranched alkanes of at least 4 members (excludes halogenated alkanes) is 1. The molecule has 0 aromatic rings. The van der Waals surface area contributed by atoms with Gasteiger partial charge in [0.1, 0.15) is 0 Å². The number of nitrogens with one attached hydrogen (secondary N) is 2. The first-order valence-corrected chi connectivity index (χ1v) is 5.79. The van der Waals surface area contributed by atoms with Crippen LogP contribution >= 0.6 is 0 Å². The van der Waals surface area contributed by atoms with Crippen LogP contribution in [0.15, 0.2) is 0 Å². The SMILES string of the molecule is CCC(C)CNC(=O)NCCCCC(=O)O. The molecule has 0 bridgehead atoms. The van der Waals surface area contributed by atoms with Crippen LogP contribution in [-0.2, 0) is 4.79 Å². The van der Waals surface area contributed by atoms with Crippen LogP contribution in [-0.4, -0.2) is 30.2 Å². The van der Waals surface area contributed by atoms with Crippen molar-refractivity contribution in [2.75, 3.05) is 13.1 Å². The van der Waals surface area contributed by atoms with E-state index in [1.165, 1.54) is 0 Å². The molecule has 0 saturated carbocycles. The molecule has 1 unspecified atom stereocenters. The molecule has 0 aromatic carbocycles. The molecule has 0 aliphatic heterocycles. The van der Waals surface area contributed by atoms with Crippen molar-refractivity contribution in [2.24, 2.45) is 5.92 Å². The molecule has 0 aliphatic carbocycles. The standard InChI is InChI=1S/C11H22N2O3/c1-3-9(2)8-13-11(16)12-7-5-4-6-10(14)15/h9H,3-8H2,1-2H3,(H,14,15)(H2,12,13,16). The number of carboxylic acid groups (broad SMARTS) is 1. The van der Waals surface area contributed by atoms with E-state index in [1.54, 1.807) is 0 Å². The summed E-state index contributed by atoms with van der Waals surface area (Å²) in [5, 5.41) is 13.9. The molecular weight excluding hydrogens is 208 g/mol. The van der Waals surface area contributed by atoms with Crippen LogP contribution in [0.2, 0.25) is 0 Å². The van der Waals surface area contributed by atoms with Gasteiger partial charge in [0.2, 0.25) is 0 Å². The third kappa shape index (κ3) is 9.30. The maximum atomic E-state index is 11.2. The number of carbonyl (C=O) groups excluding carboxylic acids is 1. The van der Waals surface area contributed by atoms with Gasteiger partial charge in [-0.3, -0.25) is 4.79 Å². The molecule has 0 spiro atoms. The lowest BCUT2D eigenvalue weighted by molar-refractivity contribution is -0.137. The van der Waals surface area contributed by atoms with Crippen LogP contribution in [0.4, 0.5) is 4.79 Å². The molecule has 0 aromatic heterocycles. The van der Waals surface area contributed by atoms with Crippen LogP contribution in [0.25, 0.3) is 0 Å². The number of carbonyl (C=O) groups is 2. The third-order valence-corrected chi connectivity index (χ3v) is 2.41. The summed E-state index contributed by atoms with van der Waals surface area (Å²) in [6.45, 7) is 5.36. The van der Waals surface area contributed by atoms with Gasteiger partial charge in [0.15, 0.2) is 0 Å². The second kappa shape index (κ2) is 9.00. The van der Waals surface area contributed by atoms with Gasteiger partial charge in [-0.15, -0.1) is 0 Å². The number of hydrogen-bond acceptors (Lipinski definition) is 2. The zero-order valence-electron chi connectivity index (χ0n) is 10.1. The molecular formula is C11H22N2O3. The van der Waals surface area contributed by atoms with Gasteiger partial charge in [-0.2, -0.15) is 0 Å². The number of rotatable bonds is 8. The molecule has 94 valence electrons. The highest BCUT2D eigenvalue weighted by atomic mass is 16.4. The zero-order chi connectivity index (χ0) is 12.4. The summed E-state index contributed by atoms with van der Waals surface area (Å²) in [4.78, 5) is 21.4. The number of amides is 2. The number of urea groups is 1. The monoisotopic (exact) mass is 230 g/mol. The van der Waals surface area contributed by atoms with Gasteiger partial charge < -0.3 is 15.7 Å². The molecule has 5 nitrogen and oxygen atoms in total. The molecule has 16 heavy (non-hydrogen) atoms. The summed E-state index contributed by atoms with van der Waals surface area (Å²) in [6.07, 6.45) is 2.50. The molecule has 0 aliphatic rings. The normalized spacial score (nSPS) is 11.9. The third-order valence-electron chi connectivity index (χ3n) is 2.41. The number of carboxylic acids is 1. The lowest BCUT2D eigenvalue weighted by Crippen LogP contribution is -2.38. The van der Waals surface area contributed by atoms with Gasteiger partial charge in [0.05, 0.1) is 0 Å². The van der Waals surface area contributed by atoms with Crippen molar-refractivity contribution in [3.05, 3.63) is 0 Å². The lowest BCUT2D eigenvalue weighted by atomic mass is 10.1. The second-order valence-electron chi connectivity index (χ2n) is 4.00. The minimum Gasteiger partial charge on any atom is -0.481 e. The molecule has 1 atom stereocenters. The number of aliphatic carboxylic acids is 1. The first-order valence-electron chi connectivity index (χ1n) is 5.79. The van der Waals surface area contributed by atoms with Crippen LogP contribution < -0.4 is 10.6 Å². The molecule has 0 fully saturated rings. The van der Waals surface area contributed by atoms with Gasteiger partial charge in [0.25, 0.3) is 0 Å². The average molecular weight is 230 g/mol. The van der Waals surface area contributed by atoms with Gasteiger partial charge in [-0.05, 0) is 18.8 Å². The van der Waals surface area contributed by atoms with E-state index in [4.69, 9.17) is 5.11 Å². The first-order chi connectivity index (χ1) is 7.56. The Morgan fingerprint density at radius 2 is 1.94 bits per heavy atom. The summed E-state index contributed by atoms with van der Waals surface area (Å²) < 4.78 is 0. The smallest absolute Gasteiger partial charge is 0.314 e. The van der Waals surface area contributed by atoms with Gasteiger partial charge in [0, 0.05) is 19.5 Å². The van der Waals surface area contributed by atoms with Crippen molar-refractivity contribution in [2.45, 2.75) is 39.5 Å². The van der Waals surface area contributed by atoms with E-state index in [0.717, 1.165) is 6.42 Å². The zero-order valence-corrected chi connectivity index (χ0v) is 10.1. The van der Waals surface area contributed by atoms with E-state index in [-0.39, 0.29) is 12.5 Å². The van der Waals surface area contributed by atoms with Crippen molar-refractivity contribution in [1.82, 2.24) is 10.6 Å². The van der Waals surface area contributed by atoms with Gasteiger partial charge >= 0.3 is 12.0 Å². The molecule has 2 amide bonds. The first kappa shape index (κ1) is 14.7. The van der Waals surface area contributed by atoms with Gasteiger partial charge in [-0.1, -0.05) is 20.3 Å². The van der Waals surface area contributed by atoms with Crippen molar-refractivity contribution >= 4 is 12.0 Å². The largest absolute Gasteiger partial charge is 0.481 e. The van der Waals surface area contributed by atoms with Crippen LogP contribution in [0.5, 0.6) is 0 Å². The van der Waals surface area contributed by atoms with E-state index < -0.39 is 5.97 Å². The molecule has 0 rings (SSSR count). The maximum Gasteiger partial charge on any atom is 0.314 e. The Morgan fingerprint density at radius 3 is 2.50 bits per heavy atom. The highest BCUT2D eigenvalue weighted by Crippen LogP contribution is 1.97. The summed E-state index contributed by atoms with van der Waals surface area (Å²) in [6, 6.07) is -0.171. The fourth-order valence-corrected chi connectivity index (χ4v) is 1.08. The summed E-state index contributed by atoms with van der Waals surface area (Å²) in [5.74, 6) is -0.306. The lowest BCUT2D eigenvalue weighted by Gasteiger charge is -2.10. The van der Waals surface area contributed by atoms with Crippen molar-refractivity contribution < 1.29 is 14.7 Å². The van der Waals surface area contributed by atoms with Crippen molar-refractivity contribution in [3.8, 4) is 0 Å². The Hall–Kier alpha value is -1.26. The number of hydrogen-bond donors (Lipinski definition) is 3. The summed E-state index contributed by atoms with van der Waals surface area (Å²) >= 11 is 0. The highest BCUT2D eigenvalue weighted by Gasteiger charge is 2.02. The second-order valence-corrected chi connectivity index (χ2v) is 4.00. The Labute approximate surface area is 96.6 Å². The molecule has 3 N–H and O–H groups in total. The quantitative estimate of drug-likeness (QED) is 0.554. The molecule has 0 radical (unpaired) electrons. The van der Waals surface area contributed by atoms with Crippen molar-refractivity contribution in [3.63, 3.8) is 0 Å². The Bertz CT molecular complexity index is 219. The topological polar surface area (TPSA) is 78.4 Å². The Morgan fingerprint density at radius 1 is 1.25 bits per heavy atom. The van der Waals surface area contributed by atoms with Crippen LogP contribution in [0.1, 0.15) is 39.5 Å². The fourth-order valence-electron chi connectivity index (χ4n) is 1.08. The van der Waals surface area contributed by atoms with E-state index in [1.807, 2.05) is 0 Å². The minimum absolute atomic E-state index is 0.163. The predicted molar refractivity (Wildman–Crippen MR) is 62.3 cm³/mol. The van der Waals surface area contributed by atoms with E-state index in [0.29, 0.717) is 31.8 Å². The van der Waals surface area contributed by atoms with Crippen molar-refractivity contribution in [1.29, 1.82) is 0 Å². The molecule has 5 heteroatoms. The summed E-state index contributed by atoms with van der Waals surface area (Å²) in [5.41, 5.74) is 0.